The highest BCUT2D eigenvalue weighted by Crippen LogP contribution is 2.18. The molecule has 0 bridgehead atoms. The van der Waals surface area contributed by atoms with Gasteiger partial charge in [-0.15, -0.1) is 5.10 Å². The molecular weight excluding hydrogens is 194 g/mol. The summed E-state index contributed by atoms with van der Waals surface area (Å²) in [5, 5.41) is 10.8. The summed E-state index contributed by atoms with van der Waals surface area (Å²) in [6.45, 7) is 2.08. The molecule has 1 saturated heterocycles. The van der Waals surface area contributed by atoms with Crippen LogP contribution in [0.2, 0.25) is 0 Å². The van der Waals surface area contributed by atoms with Crippen LogP contribution in [-0.2, 0) is 0 Å². The van der Waals surface area contributed by atoms with E-state index >= 15 is 0 Å². The molecule has 0 amide bonds. The average molecular weight is 205 g/mol. The molecule has 1 fully saturated rings. The van der Waals surface area contributed by atoms with Crippen molar-refractivity contribution in [3.05, 3.63) is 12.3 Å². The molecule has 3 rings (SSSR count). The first-order valence-electron chi connectivity index (χ1n) is 5.01. The monoisotopic (exact) mass is 205 g/mol. The third-order valence-corrected chi connectivity index (χ3v) is 2.54. The second-order valence-corrected chi connectivity index (χ2v) is 3.56. The molecule has 0 aliphatic carbocycles. The summed E-state index contributed by atoms with van der Waals surface area (Å²) in [7, 11) is 0. The van der Waals surface area contributed by atoms with Crippen molar-refractivity contribution in [1.29, 1.82) is 0 Å². The van der Waals surface area contributed by atoms with E-state index in [1.54, 1.807) is 6.07 Å². The van der Waals surface area contributed by atoms with Gasteiger partial charge in [0.15, 0.2) is 11.5 Å². The molecule has 0 unspecified atom stereocenters. The topological polar surface area (TPSA) is 70.8 Å². The molecule has 6 heteroatoms. The molecule has 78 valence electrons. The summed E-state index contributed by atoms with van der Waals surface area (Å²) in [5.74, 6) is 1.41. The van der Waals surface area contributed by atoms with E-state index < -0.39 is 0 Å². The Morgan fingerprint density at radius 2 is 2.20 bits per heavy atom. The van der Waals surface area contributed by atoms with Crippen molar-refractivity contribution in [2.45, 2.75) is 12.8 Å². The Balaban J connectivity index is 1.87. The quantitative estimate of drug-likeness (QED) is 0.793. The standard InChI is InChI=1S/C9H11N5O/c1-2-5-14(4-1)9-10-8(11-12-9)7-3-6-15-13-7/h3,6H,1-2,4-5H2,(H,10,11,12). The van der Waals surface area contributed by atoms with E-state index in [9.17, 15) is 0 Å². The van der Waals surface area contributed by atoms with Crippen LogP contribution in [-0.4, -0.2) is 33.4 Å². The lowest BCUT2D eigenvalue weighted by Crippen LogP contribution is -2.18. The first kappa shape index (κ1) is 8.46. The Morgan fingerprint density at radius 1 is 1.33 bits per heavy atom. The fourth-order valence-corrected chi connectivity index (χ4v) is 1.76. The van der Waals surface area contributed by atoms with E-state index in [0.29, 0.717) is 11.5 Å². The lowest BCUT2D eigenvalue weighted by molar-refractivity contribution is 0.422. The molecule has 0 radical (unpaired) electrons. The van der Waals surface area contributed by atoms with E-state index in [4.69, 9.17) is 4.52 Å². The van der Waals surface area contributed by atoms with Gasteiger partial charge in [-0.05, 0) is 12.8 Å². The molecule has 0 aromatic carbocycles. The van der Waals surface area contributed by atoms with Gasteiger partial charge in [-0.2, -0.15) is 4.98 Å². The molecule has 0 saturated carbocycles. The summed E-state index contributed by atoms with van der Waals surface area (Å²) >= 11 is 0. The smallest absolute Gasteiger partial charge is 0.245 e. The van der Waals surface area contributed by atoms with Crippen LogP contribution in [0.5, 0.6) is 0 Å². The number of hydrogen-bond donors (Lipinski definition) is 1. The van der Waals surface area contributed by atoms with Crippen molar-refractivity contribution < 1.29 is 4.52 Å². The maximum atomic E-state index is 4.75. The maximum absolute atomic E-state index is 4.75. The molecule has 6 nitrogen and oxygen atoms in total. The molecule has 2 aromatic heterocycles. The van der Waals surface area contributed by atoms with Crippen LogP contribution >= 0.6 is 0 Å². The predicted octanol–water partition coefficient (Wildman–Crippen LogP) is 1.06. The van der Waals surface area contributed by atoms with E-state index in [1.807, 2.05) is 0 Å². The Kier molecular flexibility index (Phi) is 1.90. The highest BCUT2D eigenvalue weighted by molar-refractivity contribution is 5.49. The summed E-state index contributed by atoms with van der Waals surface area (Å²) in [6, 6.07) is 1.76. The number of nitrogens with one attached hydrogen (secondary N) is 1. The van der Waals surface area contributed by atoms with Gasteiger partial charge in [0.1, 0.15) is 6.26 Å². The largest absolute Gasteiger partial charge is 0.364 e. The SMILES string of the molecule is c1cc(-c2nc(N3CCCC3)n[nH]2)no1. The van der Waals surface area contributed by atoms with Crippen LogP contribution in [0.15, 0.2) is 16.9 Å². The van der Waals surface area contributed by atoms with Gasteiger partial charge in [-0.3, -0.25) is 5.10 Å². The Morgan fingerprint density at radius 3 is 2.93 bits per heavy atom. The van der Waals surface area contributed by atoms with Gasteiger partial charge in [0, 0.05) is 19.2 Å². The minimum absolute atomic E-state index is 0.658. The molecule has 15 heavy (non-hydrogen) atoms. The van der Waals surface area contributed by atoms with E-state index in [0.717, 1.165) is 19.0 Å². The highest BCUT2D eigenvalue weighted by Gasteiger charge is 2.17. The van der Waals surface area contributed by atoms with E-state index in [-0.39, 0.29) is 0 Å². The van der Waals surface area contributed by atoms with Crippen molar-refractivity contribution in [1.82, 2.24) is 20.3 Å². The van der Waals surface area contributed by atoms with Crippen molar-refractivity contribution in [2.24, 2.45) is 0 Å². The Bertz CT molecular complexity index is 429. The molecule has 1 N–H and O–H groups in total. The zero-order valence-corrected chi connectivity index (χ0v) is 8.18. The average Bonchev–Trinajstić information content (AvgIpc) is 3.02. The number of aromatic amines is 1. The van der Waals surface area contributed by atoms with Gasteiger partial charge >= 0.3 is 0 Å². The van der Waals surface area contributed by atoms with Crippen molar-refractivity contribution in [2.75, 3.05) is 18.0 Å². The number of aromatic nitrogens is 4. The van der Waals surface area contributed by atoms with Crippen molar-refractivity contribution in [3.8, 4) is 11.5 Å². The van der Waals surface area contributed by atoms with Crippen LogP contribution < -0.4 is 4.90 Å². The molecule has 3 heterocycles. The molecular formula is C9H11N5O. The third kappa shape index (κ3) is 1.47. The molecule has 1 aliphatic heterocycles. The highest BCUT2D eigenvalue weighted by atomic mass is 16.5. The lowest BCUT2D eigenvalue weighted by Gasteiger charge is -2.10. The molecule has 0 spiro atoms. The van der Waals surface area contributed by atoms with E-state index in [2.05, 4.69) is 25.2 Å². The minimum Gasteiger partial charge on any atom is -0.364 e. The van der Waals surface area contributed by atoms with Crippen LogP contribution in [0.4, 0.5) is 5.95 Å². The summed E-state index contributed by atoms with van der Waals surface area (Å²) in [6.07, 6.45) is 3.95. The molecule has 0 atom stereocenters. The fraction of sp³-hybridized carbons (Fsp3) is 0.444. The molecule has 2 aromatic rings. The first-order valence-corrected chi connectivity index (χ1v) is 5.01. The first-order chi connectivity index (χ1) is 7.43. The van der Waals surface area contributed by atoms with Gasteiger partial charge in [0.2, 0.25) is 5.95 Å². The summed E-state index contributed by atoms with van der Waals surface area (Å²) in [4.78, 5) is 6.54. The lowest BCUT2D eigenvalue weighted by atomic mass is 10.4. The Hall–Kier alpha value is -1.85. The number of rotatable bonds is 2. The maximum Gasteiger partial charge on any atom is 0.245 e. The van der Waals surface area contributed by atoms with Gasteiger partial charge in [0.25, 0.3) is 0 Å². The normalized spacial score (nSPS) is 16.1. The van der Waals surface area contributed by atoms with Crippen LogP contribution in [0, 0.1) is 0 Å². The van der Waals surface area contributed by atoms with Gasteiger partial charge in [-0.25, -0.2) is 0 Å². The van der Waals surface area contributed by atoms with Gasteiger partial charge in [-0.1, -0.05) is 5.16 Å². The number of nitrogens with zero attached hydrogens (tertiary/aromatic N) is 4. The Labute approximate surface area is 86.3 Å². The number of H-pyrrole nitrogens is 1. The van der Waals surface area contributed by atoms with Crippen molar-refractivity contribution >= 4 is 5.95 Å². The third-order valence-electron chi connectivity index (χ3n) is 2.54. The summed E-state index contributed by atoms with van der Waals surface area (Å²) < 4.78 is 4.75. The van der Waals surface area contributed by atoms with E-state index in [1.165, 1.54) is 19.1 Å². The van der Waals surface area contributed by atoms with Gasteiger partial charge < -0.3 is 9.42 Å². The van der Waals surface area contributed by atoms with Crippen LogP contribution in [0.3, 0.4) is 0 Å². The second kappa shape index (κ2) is 3.38. The zero-order valence-electron chi connectivity index (χ0n) is 8.18. The van der Waals surface area contributed by atoms with Crippen LogP contribution in [0.25, 0.3) is 11.5 Å². The van der Waals surface area contributed by atoms with Crippen LogP contribution in [0.1, 0.15) is 12.8 Å². The number of anilines is 1. The van der Waals surface area contributed by atoms with Gasteiger partial charge in [0.05, 0.1) is 0 Å². The fourth-order valence-electron chi connectivity index (χ4n) is 1.76. The minimum atomic E-state index is 0.658. The predicted molar refractivity (Wildman–Crippen MR) is 53.3 cm³/mol. The summed E-state index contributed by atoms with van der Waals surface area (Å²) in [5.41, 5.74) is 0.688. The second-order valence-electron chi connectivity index (χ2n) is 3.56. The zero-order chi connectivity index (χ0) is 10.1. The molecule has 1 aliphatic rings. The van der Waals surface area contributed by atoms with Crippen molar-refractivity contribution in [3.63, 3.8) is 0 Å². The number of hydrogen-bond acceptors (Lipinski definition) is 5.